The molecule has 10 heteroatoms. The van der Waals surface area contributed by atoms with Crippen LogP contribution in [0.2, 0.25) is 0 Å². The van der Waals surface area contributed by atoms with Crippen LogP contribution in [-0.2, 0) is 18.0 Å². The van der Waals surface area contributed by atoms with Gasteiger partial charge in [-0.2, -0.15) is 18.4 Å². The molecule has 1 unspecified atom stereocenters. The molecule has 1 atom stereocenters. The molecule has 34 heavy (non-hydrogen) atoms. The Morgan fingerprint density at radius 3 is 2.47 bits per heavy atom. The number of anilines is 1. The summed E-state index contributed by atoms with van der Waals surface area (Å²) in [6.45, 7) is 1.41. The molecule has 3 heterocycles. The number of piperidine rings is 1. The Hall–Kier alpha value is -3.48. The summed E-state index contributed by atoms with van der Waals surface area (Å²) in [5.74, 6) is -0.425. The third-order valence-corrected chi connectivity index (χ3v) is 7.10. The zero-order valence-corrected chi connectivity index (χ0v) is 19.0. The summed E-state index contributed by atoms with van der Waals surface area (Å²) in [5.41, 5.74) is -0.704. The maximum atomic E-state index is 13.4. The van der Waals surface area contributed by atoms with Gasteiger partial charge in [-0.15, -0.1) is 0 Å². The molecule has 0 radical (unpaired) electrons. The first-order valence-electron chi connectivity index (χ1n) is 11.1. The lowest BCUT2D eigenvalue weighted by atomic mass is 9.76. The van der Waals surface area contributed by atoms with Crippen LogP contribution < -0.4 is 10.2 Å². The van der Waals surface area contributed by atoms with Gasteiger partial charge in [0.2, 0.25) is 5.91 Å². The molecule has 1 aromatic carbocycles. The van der Waals surface area contributed by atoms with Crippen molar-refractivity contribution >= 4 is 17.5 Å². The van der Waals surface area contributed by atoms with Crippen LogP contribution in [0.25, 0.3) is 0 Å². The molecule has 0 aliphatic carbocycles. The molecule has 2 fully saturated rings. The van der Waals surface area contributed by atoms with Crippen molar-refractivity contribution in [3.05, 3.63) is 53.3 Å². The summed E-state index contributed by atoms with van der Waals surface area (Å²) in [4.78, 5) is 29.4. The Kier molecular flexibility index (Phi) is 6.06. The van der Waals surface area contributed by atoms with Crippen LogP contribution in [0.1, 0.15) is 40.9 Å². The molecule has 2 amide bonds. The third-order valence-electron chi connectivity index (χ3n) is 7.10. The maximum Gasteiger partial charge on any atom is 0.417 e. The predicted octanol–water partition coefficient (Wildman–Crippen LogP) is 3.16. The van der Waals surface area contributed by atoms with Gasteiger partial charge in [-0.3, -0.25) is 9.59 Å². The van der Waals surface area contributed by atoms with Crippen LogP contribution in [-0.4, -0.2) is 54.0 Å². The van der Waals surface area contributed by atoms with Crippen LogP contribution in [0.15, 0.2) is 36.5 Å². The smallest absolute Gasteiger partial charge is 0.371 e. The topological polar surface area (TPSA) is 81.4 Å². The summed E-state index contributed by atoms with van der Waals surface area (Å²) in [5, 5.41) is 11.7. The minimum absolute atomic E-state index is 0.206. The van der Waals surface area contributed by atoms with E-state index in [1.54, 1.807) is 54.0 Å². The molecule has 1 aromatic heterocycles. The van der Waals surface area contributed by atoms with Gasteiger partial charge >= 0.3 is 6.18 Å². The Bertz CT molecular complexity index is 1140. The van der Waals surface area contributed by atoms with Crippen molar-refractivity contribution in [3.63, 3.8) is 0 Å². The highest BCUT2D eigenvalue weighted by molar-refractivity contribution is 5.97. The van der Waals surface area contributed by atoms with E-state index >= 15 is 0 Å². The fourth-order valence-electron chi connectivity index (χ4n) is 5.16. The average Bonchev–Trinajstić information content (AvgIpc) is 3.41. The van der Waals surface area contributed by atoms with Gasteiger partial charge in [0.15, 0.2) is 0 Å². The van der Waals surface area contributed by atoms with Crippen molar-refractivity contribution in [2.24, 2.45) is 12.5 Å². The number of halogens is 3. The number of amides is 2. The standard InChI is InChI=1S/C24H26F3N5O2/c1-29-21(33)20-13-23(15-32(20)22(34)19-4-3-9-30(19)2)7-10-31(11-8-23)17-6-5-16(14-28)18(12-17)24(25,26)27/h3-6,9,12,20H,7-8,10-11,13,15H2,1-2H3,(H,29,33). The quantitative estimate of drug-likeness (QED) is 0.743. The Morgan fingerprint density at radius 1 is 1.21 bits per heavy atom. The lowest BCUT2D eigenvalue weighted by molar-refractivity contribution is -0.137. The van der Waals surface area contributed by atoms with Crippen molar-refractivity contribution in [2.75, 3.05) is 31.6 Å². The first-order chi connectivity index (χ1) is 16.1. The normalized spacial score (nSPS) is 19.8. The number of carbonyl (C=O) groups excluding carboxylic acids is 2. The summed E-state index contributed by atoms with van der Waals surface area (Å²) in [6, 6.07) is 8.30. The first kappa shape index (κ1) is 23.7. The van der Waals surface area contributed by atoms with Crippen molar-refractivity contribution in [1.82, 2.24) is 14.8 Å². The number of alkyl halides is 3. The Labute approximate surface area is 195 Å². The molecule has 2 aromatic rings. The molecule has 1 spiro atoms. The second-order valence-electron chi connectivity index (χ2n) is 9.10. The minimum Gasteiger partial charge on any atom is -0.371 e. The van der Waals surface area contributed by atoms with E-state index in [-0.39, 0.29) is 17.2 Å². The number of hydrogen-bond acceptors (Lipinski definition) is 4. The molecule has 2 aliphatic heterocycles. The number of nitriles is 1. The zero-order chi connectivity index (χ0) is 24.7. The lowest BCUT2D eigenvalue weighted by Gasteiger charge is -2.40. The third kappa shape index (κ3) is 4.22. The van der Waals surface area contributed by atoms with Crippen LogP contribution in [0.4, 0.5) is 18.9 Å². The highest BCUT2D eigenvalue weighted by Gasteiger charge is 2.50. The van der Waals surface area contributed by atoms with Crippen LogP contribution in [0, 0.1) is 16.7 Å². The molecular formula is C24H26F3N5O2. The van der Waals surface area contributed by atoms with Crippen LogP contribution in [0.5, 0.6) is 0 Å². The van der Waals surface area contributed by atoms with E-state index in [1.165, 1.54) is 6.07 Å². The van der Waals surface area contributed by atoms with Gasteiger partial charge in [-0.05, 0) is 55.0 Å². The number of likely N-dealkylation sites (tertiary alicyclic amines) is 1. The van der Waals surface area contributed by atoms with Gasteiger partial charge in [-0.1, -0.05) is 0 Å². The maximum absolute atomic E-state index is 13.4. The number of carbonyl (C=O) groups is 2. The lowest BCUT2D eigenvalue weighted by Crippen LogP contribution is -2.45. The summed E-state index contributed by atoms with van der Waals surface area (Å²) in [6.07, 6.45) is -1.04. The van der Waals surface area contributed by atoms with Crippen molar-refractivity contribution in [1.29, 1.82) is 5.26 Å². The summed E-state index contributed by atoms with van der Waals surface area (Å²) in [7, 11) is 3.32. The molecule has 1 N–H and O–H groups in total. The number of nitrogens with zero attached hydrogens (tertiary/aromatic N) is 4. The average molecular weight is 473 g/mol. The number of rotatable bonds is 3. The van der Waals surface area contributed by atoms with E-state index < -0.39 is 23.3 Å². The molecular weight excluding hydrogens is 447 g/mol. The van der Waals surface area contributed by atoms with Gasteiger partial charge in [0.1, 0.15) is 11.7 Å². The monoisotopic (exact) mass is 473 g/mol. The van der Waals surface area contributed by atoms with Gasteiger partial charge in [0.05, 0.1) is 17.2 Å². The zero-order valence-electron chi connectivity index (χ0n) is 19.0. The summed E-state index contributed by atoms with van der Waals surface area (Å²) < 4.78 is 41.9. The van der Waals surface area contributed by atoms with Crippen LogP contribution >= 0.6 is 0 Å². The van der Waals surface area contributed by atoms with Gasteiger partial charge in [-0.25, -0.2) is 0 Å². The molecule has 4 rings (SSSR count). The van der Waals surface area contributed by atoms with E-state index in [9.17, 15) is 22.8 Å². The number of likely N-dealkylation sites (N-methyl/N-ethyl adjacent to an activating group) is 1. The van der Waals surface area contributed by atoms with Crippen LogP contribution in [0.3, 0.4) is 0 Å². The first-order valence-corrected chi connectivity index (χ1v) is 11.1. The second-order valence-corrected chi connectivity index (χ2v) is 9.10. The highest BCUT2D eigenvalue weighted by atomic mass is 19.4. The number of aromatic nitrogens is 1. The number of benzene rings is 1. The molecule has 180 valence electrons. The summed E-state index contributed by atoms with van der Waals surface area (Å²) >= 11 is 0. The van der Waals surface area contributed by atoms with Gasteiger partial charge < -0.3 is 19.7 Å². The molecule has 2 aliphatic rings. The largest absolute Gasteiger partial charge is 0.417 e. The SMILES string of the molecule is CNC(=O)C1CC2(CCN(c3ccc(C#N)c(C(F)(F)F)c3)CC2)CN1C(=O)c1cccn1C. The molecule has 2 saturated heterocycles. The fraction of sp³-hybridized carbons (Fsp3) is 0.458. The van der Waals surface area contributed by atoms with Crippen molar-refractivity contribution in [2.45, 2.75) is 31.5 Å². The van der Waals surface area contributed by atoms with E-state index in [1.807, 2.05) is 4.90 Å². The minimum atomic E-state index is -4.61. The number of nitrogens with one attached hydrogen (secondary N) is 1. The van der Waals surface area contributed by atoms with Crippen molar-refractivity contribution in [3.8, 4) is 6.07 Å². The second kappa shape index (κ2) is 8.70. The van der Waals surface area contributed by atoms with E-state index in [2.05, 4.69) is 5.32 Å². The van der Waals surface area contributed by atoms with Crippen molar-refractivity contribution < 1.29 is 22.8 Å². The Morgan fingerprint density at radius 2 is 1.91 bits per heavy atom. The number of hydrogen-bond donors (Lipinski definition) is 1. The Balaban J connectivity index is 1.54. The fourth-order valence-corrected chi connectivity index (χ4v) is 5.16. The highest BCUT2D eigenvalue weighted by Crippen LogP contribution is 2.45. The number of aryl methyl sites for hydroxylation is 1. The molecule has 7 nitrogen and oxygen atoms in total. The van der Waals surface area contributed by atoms with E-state index in [4.69, 9.17) is 5.26 Å². The van der Waals surface area contributed by atoms with Gasteiger partial charge in [0, 0.05) is 45.6 Å². The molecule has 0 bridgehead atoms. The van der Waals surface area contributed by atoms with E-state index in [0.29, 0.717) is 50.3 Å². The predicted molar refractivity (Wildman–Crippen MR) is 119 cm³/mol. The van der Waals surface area contributed by atoms with E-state index in [0.717, 1.165) is 6.07 Å². The molecule has 0 saturated carbocycles. The van der Waals surface area contributed by atoms with Gasteiger partial charge in [0.25, 0.3) is 5.91 Å².